The van der Waals surface area contributed by atoms with Crippen LogP contribution in [-0.4, -0.2) is 31.7 Å². The zero-order valence-corrected chi connectivity index (χ0v) is 18.6. The molecule has 7 nitrogen and oxygen atoms in total. The molecule has 1 N–H and O–H groups in total. The Bertz CT molecular complexity index is 1250. The molecule has 0 unspecified atom stereocenters. The Morgan fingerprint density at radius 2 is 1.93 bits per heavy atom. The first kappa shape index (κ1) is 21.6. The fourth-order valence-corrected chi connectivity index (χ4v) is 5.12. The summed E-state index contributed by atoms with van der Waals surface area (Å²) in [6, 6.07) is 9.46. The van der Waals surface area contributed by atoms with Crippen LogP contribution in [0.3, 0.4) is 0 Å². The third-order valence-electron chi connectivity index (χ3n) is 4.13. The first-order chi connectivity index (χ1) is 13.6. The summed E-state index contributed by atoms with van der Waals surface area (Å²) >= 11 is 13.1. The molecule has 0 fully saturated rings. The normalized spacial score (nSPS) is 11.6. The molecule has 1 amide bonds. The van der Waals surface area contributed by atoms with E-state index in [4.69, 9.17) is 23.2 Å². The molecule has 11 heteroatoms. The number of carbonyl (C=O) groups excluding carboxylic acids is 1. The van der Waals surface area contributed by atoms with Crippen molar-refractivity contribution in [2.45, 2.75) is 13.5 Å². The number of rotatable bonds is 6. The van der Waals surface area contributed by atoms with Crippen molar-refractivity contribution in [2.24, 2.45) is 0 Å². The highest BCUT2D eigenvalue weighted by Crippen LogP contribution is 2.30. The molecular formula is C18H17Cl2N3O4S2. The number of nitrogens with one attached hydrogen (secondary N) is 1. The minimum atomic E-state index is -3.80. The second-order valence-corrected chi connectivity index (χ2v) is 9.95. The zero-order chi connectivity index (χ0) is 21.3. The molecule has 3 rings (SSSR count). The summed E-state index contributed by atoms with van der Waals surface area (Å²) in [5.74, 6) is -0.562. The van der Waals surface area contributed by atoms with Crippen molar-refractivity contribution in [3.05, 3.63) is 56.1 Å². The summed E-state index contributed by atoms with van der Waals surface area (Å²) in [6.45, 7) is 1.95. The highest BCUT2D eigenvalue weighted by atomic mass is 35.5. The number of fused-ring (bicyclic) bond motifs is 1. The molecule has 1 heterocycles. The summed E-state index contributed by atoms with van der Waals surface area (Å²) in [6.07, 6.45) is 0.981. The summed E-state index contributed by atoms with van der Waals surface area (Å²) in [4.78, 5) is 24.4. The number of aromatic nitrogens is 1. The monoisotopic (exact) mass is 473 g/mol. The number of hydrogen-bond acceptors (Lipinski definition) is 5. The van der Waals surface area contributed by atoms with Gasteiger partial charge in [0.2, 0.25) is 15.9 Å². The molecule has 0 saturated carbocycles. The van der Waals surface area contributed by atoms with Gasteiger partial charge in [0.15, 0.2) is 0 Å². The summed E-state index contributed by atoms with van der Waals surface area (Å²) in [5, 5.41) is 3.10. The molecule has 0 bridgehead atoms. The Morgan fingerprint density at radius 3 is 2.59 bits per heavy atom. The van der Waals surface area contributed by atoms with E-state index in [2.05, 4.69) is 5.32 Å². The Hall–Kier alpha value is -2.07. The van der Waals surface area contributed by atoms with Gasteiger partial charge in [-0.25, -0.2) is 8.42 Å². The zero-order valence-electron chi connectivity index (χ0n) is 15.5. The third-order valence-corrected chi connectivity index (χ3v) is 6.76. The molecule has 3 aromatic rings. The Morgan fingerprint density at radius 1 is 1.21 bits per heavy atom. The lowest BCUT2D eigenvalue weighted by molar-refractivity contribution is -0.114. The molecule has 0 saturated heterocycles. The van der Waals surface area contributed by atoms with Crippen molar-refractivity contribution in [3.63, 3.8) is 0 Å². The molecule has 0 atom stereocenters. The smallest absolute Gasteiger partial charge is 0.308 e. The lowest BCUT2D eigenvalue weighted by atomic mass is 10.3. The summed E-state index contributed by atoms with van der Waals surface area (Å²) in [5.41, 5.74) is 1.35. The third kappa shape index (κ3) is 4.75. The van der Waals surface area contributed by atoms with E-state index in [1.165, 1.54) is 18.2 Å². The SMILES string of the molecule is CCn1c(=O)sc2cc(NC(=O)CN(c3cc(Cl)ccc3Cl)S(C)(=O)=O)ccc21. The maximum atomic E-state index is 12.5. The van der Waals surface area contributed by atoms with Gasteiger partial charge in [-0.15, -0.1) is 0 Å². The van der Waals surface area contributed by atoms with Gasteiger partial charge in [0, 0.05) is 17.3 Å². The van der Waals surface area contributed by atoms with Gasteiger partial charge in [-0.2, -0.15) is 0 Å². The van der Waals surface area contributed by atoms with Crippen LogP contribution in [0.1, 0.15) is 6.92 Å². The standard InChI is InChI=1S/C18H17Cl2N3O4S2/c1-3-22-14-7-5-12(9-16(14)28-18(22)25)21-17(24)10-23(29(2,26)27)15-8-11(19)4-6-13(15)20/h4-9H,3,10H2,1-2H3,(H,21,24). The maximum Gasteiger partial charge on any atom is 0.308 e. The molecule has 0 radical (unpaired) electrons. The molecule has 2 aromatic carbocycles. The van der Waals surface area contributed by atoms with Gasteiger partial charge < -0.3 is 5.32 Å². The number of carbonyl (C=O) groups is 1. The van der Waals surface area contributed by atoms with Crippen molar-refractivity contribution in [1.29, 1.82) is 0 Å². The van der Waals surface area contributed by atoms with Gasteiger partial charge in [0.25, 0.3) is 0 Å². The molecule has 154 valence electrons. The average molecular weight is 474 g/mol. The van der Waals surface area contributed by atoms with Crippen molar-refractivity contribution < 1.29 is 13.2 Å². The number of hydrogen-bond donors (Lipinski definition) is 1. The van der Waals surface area contributed by atoms with Gasteiger partial charge in [-0.1, -0.05) is 34.5 Å². The Kier molecular flexibility index (Phi) is 6.23. The van der Waals surface area contributed by atoms with Crippen LogP contribution >= 0.6 is 34.5 Å². The number of halogens is 2. The molecule has 0 spiro atoms. The van der Waals surface area contributed by atoms with Crippen LogP contribution < -0.4 is 14.5 Å². The van der Waals surface area contributed by atoms with Crippen LogP contribution in [0, 0.1) is 0 Å². The Balaban J connectivity index is 1.86. The molecular weight excluding hydrogens is 457 g/mol. The fourth-order valence-electron chi connectivity index (χ4n) is 2.83. The molecule has 0 aliphatic rings. The van der Waals surface area contributed by atoms with Crippen LogP contribution in [0.25, 0.3) is 10.2 Å². The number of sulfonamides is 1. The minimum absolute atomic E-state index is 0.0789. The van der Waals surface area contributed by atoms with Crippen LogP contribution in [0.2, 0.25) is 10.0 Å². The number of thiazole rings is 1. The lowest BCUT2D eigenvalue weighted by Gasteiger charge is -2.23. The van der Waals surface area contributed by atoms with Gasteiger partial charge in [0.05, 0.1) is 27.2 Å². The van der Waals surface area contributed by atoms with Crippen LogP contribution in [0.4, 0.5) is 11.4 Å². The van der Waals surface area contributed by atoms with Crippen LogP contribution in [-0.2, 0) is 21.4 Å². The molecule has 0 aliphatic carbocycles. The topological polar surface area (TPSA) is 88.5 Å². The van der Waals surface area contributed by atoms with Crippen molar-refractivity contribution >= 4 is 72.1 Å². The van der Waals surface area contributed by atoms with Gasteiger partial charge >= 0.3 is 4.87 Å². The number of amides is 1. The quantitative estimate of drug-likeness (QED) is 0.589. The number of anilines is 2. The molecule has 29 heavy (non-hydrogen) atoms. The largest absolute Gasteiger partial charge is 0.324 e. The fraction of sp³-hybridized carbons (Fsp3) is 0.222. The molecule has 1 aromatic heterocycles. The van der Waals surface area contributed by atoms with E-state index in [-0.39, 0.29) is 15.6 Å². The Labute approximate surface area is 181 Å². The van der Waals surface area contributed by atoms with Crippen LogP contribution in [0.15, 0.2) is 41.2 Å². The van der Waals surface area contributed by atoms with Crippen molar-refractivity contribution in [3.8, 4) is 0 Å². The second-order valence-electron chi connectivity index (χ2n) is 6.21. The summed E-state index contributed by atoms with van der Waals surface area (Å²) in [7, 11) is -3.80. The number of benzene rings is 2. The van der Waals surface area contributed by atoms with Gasteiger partial charge in [-0.3, -0.25) is 18.5 Å². The predicted octanol–water partition coefficient (Wildman–Crippen LogP) is 3.79. The lowest BCUT2D eigenvalue weighted by Crippen LogP contribution is -2.37. The first-order valence-electron chi connectivity index (χ1n) is 8.46. The van der Waals surface area contributed by atoms with E-state index in [0.717, 1.165) is 32.1 Å². The van der Waals surface area contributed by atoms with E-state index in [1.807, 2.05) is 6.92 Å². The maximum absolute atomic E-state index is 12.5. The predicted molar refractivity (Wildman–Crippen MR) is 119 cm³/mol. The number of nitrogens with zero attached hydrogens (tertiary/aromatic N) is 2. The number of aryl methyl sites for hydroxylation is 1. The second kappa shape index (κ2) is 8.35. The summed E-state index contributed by atoms with van der Waals surface area (Å²) < 4.78 is 27.7. The highest BCUT2D eigenvalue weighted by Gasteiger charge is 2.23. The highest BCUT2D eigenvalue weighted by molar-refractivity contribution is 7.92. The van der Waals surface area contributed by atoms with Gasteiger partial charge in [0.1, 0.15) is 6.54 Å². The van der Waals surface area contributed by atoms with E-state index < -0.39 is 22.5 Å². The van der Waals surface area contributed by atoms with Crippen LogP contribution in [0.5, 0.6) is 0 Å². The minimum Gasteiger partial charge on any atom is -0.324 e. The van der Waals surface area contributed by atoms with E-state index >= 15 is 0 Å². The van der Waals surface area contributed by atoms with E-state index in [1.54, 1.807) is 22.8 Å². The van der Waals surface area contributed by atoms with E-state index in [9.17, 15) is 18.0 Å². The average Bonchev–Trinajstić information content (AvgIpc) is 2.95. The van der Waals surface area contributed by atoms with Gasteiger partial charge in [-0.05, 0) is 43.3 Å². The molecule has 0 aliphatic heterocycles. The van der Waals surface area contributed by atoms with Crippen molar-refractivity contribution in [2.75, 3.05) is 22.4 Å². The first-order valence-corrected chi connectivity index (χ1v) is 11.9. The van der Waals surface area contributed by atoms with E-state index in [0.29, 0.717) is 17.3 Å². The van der Waals surface area contributed by atoms with Crippen molar-refractivity contribution in [1.82, 2.24) is 4.57 Å².